The van der Waals surface area contributed by atoms with Gasteiger partial charge in [-0.3, -0.25) is 0 Å². The maximum Gasteiger partial charge on any atom is 0.298 e. The van der Waals surface area contributed by atoms with Crippen molar-refractivity contribution in [3.63, 3.8) is 0 Å². The number of halogens is 2. The summed E-state index contributed by atoms with van der Waals surface area (Å²) < 4.78 is 18.8. The van der Waals surface area contributed by atoms with E-state index in [1.165, 1.54) is 12.1 Å². The SMILES string of the molecule is Cl.Fc1ccc2oc(N3CC4CNCC4C3)nc2c1. The molecule has 2 aliphatic rings. The van der Waals surface area contributed by atoms with E-state index in [0.717, 1.165) is 26.2 Å². The van der Waals surface area contributed by atoms with Crippen LogP contribution in [0.15, 0.2) is 22.6 Å². The molecule has 0 spiro atoms. The molecule has 2 aliphatic heterocycles. The zero-order valence-electron chi connectivity index (χ0n) is 10.3. The molecule has 0 aliphatic carbocycles. The predicted octanol–water partition coefficient (Wildman–Crippen LogP) is 2.04. The molecule has 4 rings (SSSR count). The first-order chi connectivity index (χ1) is 8.79. The Balaban J connectivity index is 0.00000110. The third-order valence-corrected chi connectivity index (χ3v) is 4.00. The van der Waals surface area contributed by atoms with E-state index >= 15 is 0 Å². The zero-order valence-corrected chi connectivity index (χ0v) is 11.1. The molecular weight excluding hydrogens is 269 g/mol. The largest absolute Gasteiger partial charge is 0.423 e. The Morgan fingerprint density at radius 1 is 1.26 bits per heavy atom. The highest BCUT2D eigenvalue weighted by atomic mass is 35.5. The van der Waals surface area contributed by atoms with Gasteiger partial charge in [0.2, 0.25) is 0 Å². The van der Waals surface area contributed by atoms with Gasteiger partial charge < -0.3 is 14.6 Å². The number of fused-ring (bicyclic) bond motifs is 2. The lowest BCUT2D eigenvalue weighted by atomic mass is 10.0. The van der Waals surface area contributed by atoms with E-state index < -0.39 is 0 Å². The monoisotopic (exact) mass is 283 g/mol. The lowest BCUT2D eigenvalue weighted by Gasteiger charge is -2.13. The lowest BCUT2D eigenvalue weighted by molar-refractivity contribution is 0.533. The minimum atomic E-state index is -0.273. The molecule has 4 nitrogen and oxygen atoms in total. The maximum atomic E-state index is 13.1. The van der Waals surface area contributed by atoms with Crippen LogP contribution in [0, 0.1) is 17.7 Å². The van der Waals surface area contributed by atoms with Gasteiger partial charge in [-0.2, -0.15) is 4.98 Å². The van der Waals surface area contributed by atoms with E-state index in [9.17, 15) is 4.39 Å². The first-order valence-electron chi connectivity index (χ1n) is 6.31. The summed E-state index contributed by atoms with van der Waals surface area (Å²) in [4.78, 5) is 6.56. The summed E-state index contributed by atoms with van der Waals surface area (Å²) in [6.07, 6.45) is 0. The number of rotatable bonds is 1. The number of benzene rings is 1. The van der Waals surface area contributed by atoms with Crippen molar-refractivity contribution in [1.29, 1.82) is 0 Å². The minimum absolute atomic E-state index is 0. The Bertz CT molecular complexity index is 591. The average Bonchev–Trinajstić information content (AvgIpc) is 2.99. The fourth-order valence-corrected chi connectivity index (χ4v) is 3.04. The van der Waals surface area contributed by atoms with Crippen molar-refractivity contribution in [3.8, 4) is 0 Å². The molecule has 19 heavy (non-hydrogen) atoms. The average molecular weight is 284 g/mol. The van der Waals surface area contributed by atoms with Gasteiger partial charge >= 0.3 is 0 Å². The molecule has 1 aromatic carbocycles. The van der Waals surface area contributed by atoms with Crippen molar-refractivity contribution in [2.45, 2.75) is 0 Å². The van der Waals surface area contributed by atoms with Gasteiger partial charge in [-0.15, -0.1) is 12.4 Å². The van der Waals surface area contributed by atoms with Crippen LogP contribution in [0.1, 0.15) is 0 Å². The molecular formula is C13H15ClFN3O. The fraction of sp³-hybridized carbons (Fsp3) is 0.462. The smallest absolute Gasteiger partial charge is 0.298 e. The van der Waals surface area contributed by atoms with Crippen molar-refractivity contribution >= 4 is 29.5 Å². The van der Waals surface area contributed by atoms with Gasteiger partial charge in [-0.05, 0) is 24.0 Å². The third kappa shape index (κ3) is 2.07. The van der Waals surface area contributed by atoms with Crippen LogP contribution in [0.4, 0.5) is 10.4 Å². The first-order valence-corrected chi connectivity index (χ1v) is 6.31. The van der Waals surface area contributed by atoms with E-state index in [2.05, 4.69) is 15.2 Å². The van der Waals surface area contributed by atoms with Crippen molar-refractivity contribution < 1.29 is 8.81 Å². The molecule has 2 atom stereocenters. The maximum absolute atomic E-state index is 13.1. The van der Waals surface area contributed by atoms with Gasteiger partial charge in [-0.25, -0.2) is 4.39 Å². The van der Waals surface area contributed by atoms with Gasteiger partial charge in [0.05, 0.1) is 0 Å². The molecule has 1 aromatic heterocycles. The highest BCUT2D eigenvalue weighted by Crippen LogP contribution is 2.31. The normalized spacial score (nSPS) is 25.6. The van der Waals surface area contributed by atoms with Crippen LogP contribution in [0.25, 0.3) is 11.1 Å². The number of hydrogen-bond acceptors (Lipinski definition) is 4. The van der Waals surface area contributed by atoms with Crippen LogP contribution >= 0.6 is 12.4 Å². The van der Waals surface area contributed by atoms with E-state index in [0.29, 0.717) is 29.0 Å². The molecule has 0 saturated carbocycles. The second-order valence-electron chi connectivity index (χ2n) is 5.19. The Morgan fingerprint density at radius 3 is 2.74 bits per heavy atom. The quantitative estimate of drug-likeness (QED) is 0.870. The fourth-order valence-electron chi connectivity index (χ4n) is 3.04. The Labute approximate surface area is 116 Å². The Kier molecular flexibility index (Phi) is 3.11. The van der Waals surface area contributed by atoms with Crippen LogP contribution in [0.3, 0.4) is 0 Å². The number of anilines is 1. The number of nitrogens with one attached hydrogen (secondary N) is 1. The summed E-state index contributed by atoms with van der Waals surface area (Å²) in [6, 6.07) is 5.09. The molecule has 2 fully saturated rings. The standard InChI is InChI=1S/C13H14FN3O.ClH/c14-10-1-2-12-11(3-10)16-13(18-12)17-6-8-4-15-5-9(8)7-17;/h1-3,8-9,15H,4-7H2;1H. The Hall–Kier alpha value is -1.33. The van der Waals surface area contributed by atoms with Crippen molar-refractivity contribution in [1.82, 2.24) is 10.3 Å². The van der Waals surface area contributed by atoms with Crippen molar-refractivity contribution in [3.05, 3.63) is 24.0 Å². The van der Waals surface area contributed by atoms with Crippen LogP contribution in [0.2, 0.25) is 0 Å². The van der Waals surface area contributed by atoms with Gasteiger partial charge in [0.25, 0.3) is 6.01 Å². The van der Waals surface area contributed by atoms with E-state index in [-0.39, 0.29) is 18.2 Å². The molecule has 2 aromatic rings. The van der Waals surface area contributed by atoms with Gasteiger partial charge in [0.15, 0.2) is 5.58 Å². The number of aromatic nitrogens is 1. The van der Waals surface area contributed by atoms with Gasteiger partial charge in [0, 0.05) is 32.2 Å². The molecule has 0 bridgehead atoms. The second kappa shape index (κ2) is 4.65. The van der Waals surface area contributed by atoms with Crippen molar-refractivity contribution in [2.75, 3.05) is 31.1 Å². The molecule has 2 unspecified atom stereocenters. The van der Waals surface area contributed by atoms with Gasteiger partial charge in [-0.1, -0.05) is 0 Å². The molecule has 3 heterocycles. The topological polar surface area (TPSA) is 41.3 Å². The molecule has 6 heteroatoms. The summed E-state index contributed by atoms with van der Waals surface area (Å²) in [5.74, 6) is 1.11. The predicted molar refractivity (Wildman–Crippen MR) is 73.3 cm³/mol. The summed E-state index contributed by atoms with van der Waals surface area (Å²) in [5, 5.41) is 3.40. The van der Waals surface area contributed by atoms with Crippen LogP contribution in [-0.2, 0) is 0 Å². The second-order valence-corrected chi connectivity index (χ2v) is 5.19. The summed E-state index contributed by atoms with van der Waals surface area (Å²) in [6.45, 7) is 4.12. The van der Waals surface area contributed by atoms with E-state index in [1.54, 1.807) is 6.07 Å². The lowest BCUT2D eigenvalue weighted by Crippen LogP contribution is -2.25. The molecule has 0 amide bonds. The van der Waals surface area contributed by atoms with Crippen molar-refractivity contribution in [2.24, 2.45) is 11.8 Å². The number of hydrogen-bond donors (Lipinski definition) is 1. The zero-order chi connectivity index (χ0) is 12.1. The number of oxazole rings is 1. The Morgan fingerprint density at radius 2 is 2.00 bits per heavy atom. The van der Waals surface area contributed by atoms with E-state index in [4.69, 9.17) is 4.42 Å². The highest BCUT2D eigenvalue weighted by Gasteiger charge is 2.37. The molecule has 2 saturated heterocycles. The first kappa shape index (κ1) is 12.7. The number of nitrogens with zero attached hydrogens (tertiary/aromatic N) is 2. The third-order valence-electron chi connectivity index (χ3n) is 4.00. The highest BCUT2D eigenvalue weighted by molar-refractivity contribution is 5.85. The van der Waals surface area contributed by atoms with Crippen LogP contribution in [-0.4, -0.2) is 31.2 Å². The summed E-state index contributed by atoms with van der Waals surface area (Å²) >= 11 is 0. The molecule has 1 N–H and O–H groups in total. The summed E-state index contributed by atoms with van der Waals surface area (Å²) in [7, 11) is 0. The molecule has 102 valence electrons. The summed E-state index contributed by atoms with van der Waals surface area (Å²) in [5.41, 5.74) is 1.25. The molecule has 0 radical (unpaired) electrons. The van der Waals surface area contributed by atoms with Crippen LogP contribution < -0.4 is 10.2 Å². The van der Waals surface area contributed by atoms with Gasteiger partial charge in [0.1, 0.15) is 11.3 Å². The van der Waals surface area contributed by atoms with E-state index in [1.807, 2.05) is 0 Å². The van der Waals surface area contributed by atoms with Crippen LogP contribution in [0.5, 0.6) is 0 Å². The minimum Gasteiger partial charge on any atom is -0.423 e.